The number of hydrogen-bond donors (Lipinski definition) is 0. The summed E-state index contributed by atoms with van der Waals surface area (Å²) < 4.78 is 10.8. The Labute approximate surface area is 208 Å². The van der Waals surface area contributed by atoms with Crippen molar-refractivity contribution in [3.8, 4) is 22.8 Å². The third-order valence-corrected chi connectivity index (χ3v) is 6.45. The van der Waals surface area contributed by atoms with E-state index >= 15 is 0 Å². The fraction of sp³-hybridized carbons (Fsp3) is 0.222. The van der Waals surface area contributed by atoms with Crippen molar-refractivity contribution < 1.29 is 14.3 Å². The number of amides is 1. The quantitative estimate of drug-likeness (QED) is 0.397. The van der Waals surface area contributed by atoms with Crippen LogP contribution in [0.3, 0.4) is 0 Å². The predicted octanol–water partition coefficient (Wildman–Crippen LogP) is 4.93. The molecule has 0 unspecified atom stereocenters. The number of nitrogens with zero attached hydrogens (tertiary/aromatic N) is 4. The molecule has 0 bridgehead atoms. The molecule has 0 saturated carbocycles. The molecule has 0 atom stereocenters. The number of aromatic nitrogens is 2. The summed E-state index contributed by atoms with van der Waals surface area (Å²) in [5.41, 5.74) is 2.96. The third kappa shape index (κ3) is 4.59. The van der Waals surface area contributed by atoms with Gasteiger partial charge in [-0.3, -0.25) is 4.79 Å². The number of rotatable bonds is 5. The first-order valence-electron chi connectivity index (χ1n) is 11.4. The number of hydrogen-bond acceptors (Lipinski definition) is 6. The van der Waals surface area contributed by atoms with Crippen LogP contribution in [0.25, 0.3) is 22.2 Å². The summed E-state index contributed by atoms with van der Waals surface area (Å²) in [5.74, 6) is 2.11. The van der Waals surface area contributed by atoms with Gasteiger partial charge in [0, 0.05) is 43.3 Å². The number of halogens is 1. The lowest BCUT2D eigenvalue weighted by Gasteiger charge is -2.35. The van der Waals surface area contributed by atoms with Gasteiger partial charge in [0.2, 0.25) is 0 Å². The number of methoxy groups -OCH3 is 2. The lowest BCUT2D eigenvalue weighted by molar-refractivity contribution is 0.0748. The molecule has 0 spiro atoms. The van der Waals surface area contributed by atoms with Gasteiger partial charge in [-0.05, 0) is 42.5 Å². The fourth-order valence-electron chi connectivity index (χ4n) is 4.36. The second-order valence-corrected chi connectivity index (χ2v) is 8.69. The summed E-state index contributed by atoms with van der Waals surface area (Å²) in [6.07, 6.45) is 1.65. The molecule has 7 nitrogen and oxygen atoms in total. The van der Waals surface area contributed by atoms with Crippen LogP contribution < -0.4 is 14.4 Å². The summed E-state index contributed by atoms with van der Waals surface area (Å²) in [5, 5.41) is 1.45. The van der Waals surface area contributed by atoms with Crippen LogP contribution in [0, 0.1) is 0 Å². The first-order valence-corrected chi connectivity index (χ1v) is 11.7. The Balaban J connectivity index is 1.45. The van der Waals surface area contributed by atoms with Crippen LogP contribution in [0.15, 0.2) is 66.9 Å². The number of fused-ring (bicyclic) bond motifs is 1. The maximum atomic E-state index is 13.7. The van der Waals surface area contributed by atoms with E-state index in [9.17, 15) is 4.79 Å². The van der Waals surface area contributed by atoms with Crippen molar-refractivity contribution in [3.63, 3.8) is 0 Å². The minimum absolute atomic E-state index is 0.00552. The van der Waals surface area contributed by atoms with Gasteiger partial charge >= 0.3 is 0 Å². The Morgan fingerprint density at radius 3 is 2.40 bits per heavy atom. The maximum Gasteiger partial charge on any atom is 0.254 e. The number of carbonyl (C=O) groups excluding carboxylic acids is 1. The molecule has 35 heavy (non-hydrogen) atoms. The molecule has 0 radical (unpaired) electrons. The molecule has 1 saturated heterocycles. The van der Waals surface area contributed by atoms with Gasteiger partial charge in [0.15, 0.2) is 11.5 Å². The summed E-state index contributed by atoms with van der Waals surface area (Å²) in [6.45, 7) is 2.61. The van der Waals surface area contributed by atoms with E-state index in [2.05, 4.69) is 9.88 Å². The molecule has 4 aromatic rings. The summed E-state index contributed by atoms with van der Waals surface area (Å²) in [6, 6.07) is 19.0. The number of ether oxygens (including phenoxy) is 2. The predicted molar refractivity (Wildman–Crippen MR) is 138 cm³/mol. The minimum Gasteiger partial charge on any atom is -0.493 e. The fourth-order valence-corrected chi connectivity index (χ4v) is 4.47. The summed E-state index contributed by atoms with van der Waals surface area (Å²) in [4.78, 5) is 27.0. The second-order valence-electron chi connectivity index (χ2n) is 8.26. The highest BCUT2D eigenvalue weighted by Gasteiger charge is 2.25. The van der Waals surface area contributed by atoms with E-state index in [-0.39, 0.29) is 5.91 Å². The van der Waals surface area contributed by atoms with Gasteiger partial charge in [0.05, 0.1) is 36.0 Å². The average Bonchev–Trinajstić information content (AvgIpc) is 2.92. The van der Waals surface area contributed by atoms with Gasteiger partial charge in [-0.15, -0.1) is 0 Å². The summed E-state index contributed by atoms with van der Waals surface area (Å²) >= 11 is 5.97. The molecule has 178 valence electrons. The largest absolute Gasteiger partial charge is 0.493 e. The third-order valence-electron chi connectivity index (χ3n) is 6.23. The van der Waals surface area contributed by atoms with Gasteiger partial charge in [0.1, 0.15) is 5.82 Å². The zero-order valence-electron chi connectivity index (χ0n) is 19.6. The maximum absolute atomic E-state index is 13.7. The van der Waals surface area contributed by atoms with Gasteiger partial charge < -0.3 is 19.3 Å². The Kier molecular flexibility index (Phi) is 6.42. The van der Waals surface area contributed by atoms with E-state index in [0.29, 0.717) is 54.0 Å². The van der Waals surface area contributed by atoms with Crippen molar-refractivity contribution in [2.75, 3.05) is 45.3 Å². The molecule has 5 rings (SSSR count). The highest BCUT2D eigenvalue weighted by molar-refractivity contribution is 6.30. The van der Waals surface area contributed by atoms with Crippen molar-refractivity contribution >= 4 is 34.2 Å². The number of benzene rings is 2. The van der Waals surface area contributed by atoms with Crippen LogP contribution in [-0.4, -0.2) is 61.2 Å². The molecule has 1 fully saturated rings. The molecule has 1 amide bonds. The van der Waals surface area contributed by atoms with Crippen molar-refractivity contribution in [1.82, 2.24) is 14.9 Å². The second kappa shape index (κ2) is 9.80. The van der Waals surface area contributed by atoms with Crippen LogP contribution in [0.2, 0.25) is 5.02 Å². The van der Waals surface area contributed by atoms with Gasteiger partial charge in [0.25, 0.3) is 5.91 Å². The normalized spacial score (nSPS) is 13.7. The van der Waals surface area contributed by atoms with Crippen molar-refractivity contribution in [3.05, 3.63) is 77.4 Å². The van der Waals surface area contributed by atoms with Crippen LogP contribution in [0.5, 0.6) is 11.5 Å². The van der Waals surface area contributed by atoms with Gasteiger partial charge in [-0.25, -0.2) is 9.97 Å². The van der Waals surface area contributed by atoms with E-state index in [1.54, 1.807) is 20.4 Å². The highest BCUT2D eigenvalue weighted by Crippen LogP contribution is 2.33. The highest BCUT2D eigenvalue weighted by atomic mass is 35.5. The number of piperazine rings is 1. The Bertz CT molecular complexity index is 1370. The summed E-state index contributed by atoms with van der Waals surface area (Å²) in [7, 11) is 3.20. The molecule has 0 N–H and O–H groups in total. The lowest BCUT2D eigenvalue weighted by atomic mass is 10.0. The number of anilines is 1. The molecule has 1 aliphatic rings. The smallest absolute Gasteiger partial charge is 0.254 e. The average molecular weight is 489 g/mol. The van der Waals surface area contributed by atoms with Crippen molar-refractivity contribution in [2.24, 2.45) is 0 Å². The van der Waals surface area contributed by atoms with Gasteiger partial charge in [-0.1, -0.05) is 29.8 Å². The monoisotopic (exact) mass is 488 g/mol. The molecule has 1 aliphatic heterocycles. The first-order chi connectivity index (χ1) is 17.1. The number of para-hydroxylation sites is 1. The van der Waals surface area contributed by atoms with Gasteiger partial charge in [-0.2, -0.15) is 0 Å². The van der Waals surface area contributed by atoms with E-state index in [4.69, 9.17) is 26.1 Å². The van der Waals surface area contributed by atoms with E-state index in [1.165, 1.54) is 0 Å². The Morgan fingerprint density at radius 1 is 0.914 bits per heavy atom. The Morgan fingerprint density at radius 2 is 1.69 bits per heavy atom. The molecule has 2 aromatic heterocycles. The molecular formula is C27H25ClN4O3. The van der Waals surface area contributed by atoms with Crippen LogP contribution in [-0.2, 0) is 0 Å². The molecule has 2 aromatic carbocycles. The Hall–Kier alpha value is -3.84. The lowest BCUT2D eigenvalue weighted by Crippen LogP contribution is -2.49. The van der Waals surface area contributed by atoms with Crippen LogP contribution in [0.1, 0.15) is 10.4 Å². The molecule has 8 heteroatoms. The topological polar surface area (TPSA) is 67.8 Å². The van der Waals surface area contributed by atoms with E-state index in [0.717, 1.165) is 22.3 Å². The van der Waals surface area contributed by atoms with Crippen molar-refractivity contribution in [2.45, 2.75) is 0 Å². The standard InChI is InChI=1S/C27H25ClN4O3/c1-34-24-9-7-18(15-25(24)35-2)23-16-21(20-5-3-4-6-22(20)30-23)27(33)32-13-11-31(12-14-32)26-10-8-19(28)17-29-26/h3-10,15-17H,11-14H2,1-2H3. The number of carbonyl (C=O) groups is 1. The van der Waals surface area contributed by atoms with E-state index in [1.807, 2.05) is 65.6 Å². The zero-order valence-corrected chi connectivity index (χ0v) is 20.3. The van der Waals surface area contributed by atoms with Crippen LogP contribution in [0.4, 0.5) is 5.82 Å². The minimum atomic E-state index is -0.00552. The van der Waals surface area contributed by atoms with Crippen LogP contribution >= 0.6 is 11.6 Å². The zero-order chi connectivity index (χ0) is 24.4. The molecule has 0 aliphatic carbocycles. The molecule has 3 heterocycles. The van der Waals surface area contributed by atoms with E-state index < -0.39 is 0 Å². The molecular weight excluding hydrogens is 464 g/mol. The SMILES string of the molecule is COc1ccc(-c2cc(C(=O)N3CCN(c4ccc(Cl)cn4)CC3)c3ccccc3n2)cc1OC. The van der Waals surface area contributed by atoms with Crippen molar-refractivity contribution in [1.29, 1.82) is 0 Å². The first kappa shape index (κ1) is 22.9. The number of pyridine rings is 2.